The first-order valence-electron chi connectivity index (χ1n) is 7.34. The molecule has 7 heteroatoms. The molecule has 1 aliphatic rings. The summed E-state index contributed by atoms with van der Waals surface area (Å²) in [6.07, 6.45) is 6.38. The van der Waals surface area contributed by atoms with E-state index in [2.05, 4.69) is 9.98 Å². The smallest absolute Gasteiger partial charge is 0.335 e. The highest BCUT2D eigenvalue weighted by atomic mass is 16.5. The molecule has 0 saturated carbocycles. The van der Waals surface area contributed by atoms with Crippen LogP contribution >= 0.6 is 0 Å². The van der Waals surface area contributed by atoms with Gasteiger partial charge in [-0.2, -0.15) is 0 Å². The van der Waals surface area contributed by atoms with Crippen LogP contribution in [-0.4, -0.2) is 27.5 Å². The summed E-state index contributed by atoms with van der Waals surface area (Å²) in [6, 6.07) is 6.60. The average Bonchev–Trinajstić information content (AvgIpc) is 3.06. The molecule has 3 rings (SSSR count). The van der Waals surface area contributed by atoms with Crippen LogP contribution in [0.1, 0.15) is 12.5 Å². The monoisotopic (exact) mass is 325 g/mol. The van der Waals surface area contributed by atoms with Crippen LogP contribution in [-0.2, 0) is 0 Å². The normalized spacial score (nSPS) is 14.5. The Morgan fingerprint density at radius 2 is 2.04 bits per heavy atom. The van der Waals surface area contributed by atoms with E-state index in [1.165, 1.54) is 6.08 Å². The Labute approximate surface area is 136 Å². The highest BCUT2D eigenvalue weighted by Gasteiger charge is 2.14. The lowest BCUT2D eigenvalue weighted by Gasteiger charge is -2.11. The summed E-state index contributed by atoms with van der Waals surface area (Å²) in [4.78, 5) is 30.3. The van der Waals surface area contributed by atoms with Gasteiger partial charge < -0.3 is 9.84 Å². The third-order valence-corrected chi connectivity index (χ3v) is 3.40. The van der Waals surface area contributed by atoms with Crippen molar-refractivity contribution in [2.45, 2.75) is 6.92 Å². The number of allylic oxidation sites excluding steroid dienone is 2. The summed E-state index contributed by atoms with van der Waals surface area (Å²) in [7, 11) is 0. The summed E-state index contributed by atoms with van der Waals surface area (Å²) in [5.74, 6) is 0.196. The molecular weight excluding hydrogens is 310 g/mol. The van der Waals surface area contributed by atoms with E-state index in [1.54, 1.807) is 42.6 Å². The molecule has 24 heavy (non-hydrogen) atoms. The standard InChI is InChI=1S/C17H15N3O4/c1-2-24-13-7-5-12(6-8-13)20-16(22)14(15(21)19-17(20)23)10-11-4-3-9-18-11/h3-10,22H,2H2,1H3,(H,19,21,23). The molecule has 0 fully saturated rings. The number of aromatic amines is 1. The Kier molecular flexibility index (Phi) is 4.15. The second-order valence-electron chi connectivity index (χ2n) is 4.97. The van der Waals surface area contributed by atoms with Crippen molar-refractivity contribution in [3.05, 3.63) is 68.5 Å². The first-order chi connectivity index (χ1) is 11.6. The quantitative estimate of drug-likeness (QED) is 0.892. The van der Waals surface area contributed by atoms with Gasteiger partial charge in [-0.25, -0.2) is 9.36 Å². The second-order valence-corrected chi connectivity index (χ2v) is 4.97. The van der Waals surface area contributed by atoms with E-state index in [4.69, 9.17) is 4.74 Å². The largest absolute Gasteiger partial charge is 0.494 e. The number of benzene rings is 1. The lowest BCUT2D eigenvalue weighted by molar-refractivity contribution is 0.340. The SMILES string of the molecule is CCOc1ccc(-n2c(O)c(C=C3C=CC=N3)c(=O)[nH]c2=O)cc1. The molecule has 0 aliphatic carbocycles. The molecule has 2 N–H and O–H groups in total. The van der Waals surface area contributed by atoms with E-state index in [1.807, 2.05) is 6.92 Å². The molecule has 1 aliphatic heterocycles. The molecule has 0 radical (unpaired) electrons. The number of nitrogens with one attached hydrogen (secondary N) is 1. The van der Waals surface area contributed by atoms with Crippen LogP contribution in [0.25, 0.3) is 11.8 Å². The molecule has 2 aromatic rings. The van der Waals surface area contributed by atoms with Gasteiger partial charge in [0.1, 0.15) is 11.3 Å². The fourth-order valence-corrected chi connectivity index (χ4v) is 2.31. The van der Waals surface area contributed by atoms with Crippen molar-refractivity contribution in [2.24, 2.45) is 4.99 Å². The van der Waals surface area contributed by atoms with Gasteiger partial charge in [-0.3, -0.25) is 14.8 Å². The highest BCUT2D eigenvalue weighted by Crippen LogP contribution is 2.21. The van der Waals surface area contributed by atoms with Gasteiger partial charge in [-0.15, -0.1) is 0 Å². The van der Waals surface area contributed by atoms with Gasteiger partial charge in [0.2, 0.25) is 5.88 Å². The van der Waals surface area contributed by atoms with Crippen LogP contribution < -0.4 is 16.0 Å². The molecule has 0 unspecified atom stereocenters. The van der Waals surface area contributed by atoms with Crippen LogP contribution in [0.5, 0.6) is 11.6 Å². The Morgan fingerprint density at radius 3 is 2.67 bits per heavy atom. The fourth-order valence-electron chi connectivity index (χ4n) is 2.31. The maximum atomic E-state index is 12.1. The number of aliphatic imine (C=N–C) groups is 1. The Hall–Kier alpha value is -3.35. The lowest BCUT2D eigenvalue weighted by atomic mass is 10.2. The molecular formula is C17H15N3O4. The Morgan fingerprint density at radius 1 is 1.29 bits per heavy atom. The zero-order chi connectivity index (χ0) is 17.1. The van der Waals surface area contributed by atoms with Gasteiger partial charge in [0.15, 0.2) is 0 Å². The zero-order valence-electron chi connectivity index (χ0n) is 12.9. The molecule has 2 heterocycles. The lowest BCUT2D eigenvalue weighted by Crippen LogP contribution is -2.30. The van der Waals surface area contributed by atoms with Crippen molar-refractivity contribution in [1.82, 2.24) is 9.55 Å². The van der Waals surface area contributed by atoms with Gasteiger partial charge in [-0.05, 0) is 49.4 Å². The summed E-state index contributed by atoms with van der Waals surface area (Å²) >= 11 is 0. The van der Waals surface area contributed by atoms with E-state index in [9.17, 15) is 14.7 Å². The third kappa shape index (κ3) is 2.91. The number of ether oxygens (including phenoxy) is 1. The number of hydrogen-bond acceptors (Lipinski definition) is 5. The molecule has 0 bridgehead atoms. The fraction of sp³-hybridized carbons (Fsp3) is 0.118. The first-order valence-corrected chi connectivity index (χ1v) is 7.34. The topological polar surface area (TPSA) is 96.7 Å². The van der Waals surface area contributed by atoms with Crippen LogP contribution in [0.4, 0.5) is 0 Å². The number of aromatic hydroxyl groups is 1. The summed E-state index contributed by atoms with van der Waals surface area (Å²) in [6.45, 7) is 2.39. The van der Waals surface area contributed by atoms with E-state index < -0.39 is 17.1 Å². The maximum Gasteiger partial charge on any atom is 0.335 e. The predicted octanol–water partition coefficient (Wildman–Crippen LogP) is 1.61. The van der Waals surface area contributed by atoms with Gasteiger partial charge in [-0.1, -0.05) is 0 Å². The predicted molar refractivity (Wildman–Crippen MR) is 91.1 cm³/mol. The van der Waals surface area contributed by atoms with E-state index in [0.717, 1.165) is 4.57 Å². The molecule has 0 spiro atoms. The summed E-state index contributed by atoms with van der Waals surface area (Å²) in [5, 5.41) is 10.4. The van der Waals surface area contributed by atoms with Crippen molar-refractivity contribution >= 4 is 12.3 Å². The summed E-state index contributed by atoms with van der Waals surface area (Å²) < 4.78 is 6.37. The van der Waals surface area contributed by atoms with Gasteiger partial charge >= 0.3 is 5.69 Å². The Bertz CT molecular complexity index is 949. The zero-order valence-corrected chi connectivity index (χ0v) is 12.9. The molecule has 1 aromatic heterocycles. The van der Waals surface area contributed by atoms with Crippen LogP contribution in [0, 0.1) is 0 Å². The molecule has 0 saturated heterocycles. The van der Waals surface area contributed by atoms with Gasteiger partial charge in [0.05, 0.1) is 18.0 Å². The number of nitrogens with zero attached hydrogens (tertiary/aromatic N) is 2. The molecule has 7 nitrogen and oxygen atoms in total. The minimum Gasteiger partial charge on any atom is -0.494 e. The molecule has 0 amide bonds. The second kappa shape index (κ2) is 6.41. The number of rotatable bonds is 4. The molecule has 122 valence electrons. The van der Waals surface area contributed by atoms with Crippen molar-refractivity contribution in [2.75, 3.05) is 6.61 Å². The van der Waals surface area contributed by atoms with Crippen molar-refractivity contribution in [3.8, 4) is 17.3 Å². The van der Waals surface area contributed by atoms with Crippen LogP contribution in [0.15, 0.2) is 56.7 Å². The molecule has 0 atom stereocenters. The number of H-pyrrole nitrogens is 1. The number of aromatic nitrogens is 2. The van der Waals surface area contributed by atoms with Crippen molar-refractivity contribution in [3.63, 3.8) is 0 Å². The third-order valence-electron chi connectivity index (χ3n) is 3.40. The minimum atomic E-state index is -0.728. The van der Waals surface area contributed by atoms with E-state index in [-0.39, 0.29) is 5.56 Å². The minimum absolute atomic E-state index is 0.0396. The maximum absolute atomic E-state index is 12.1. The van der Waals surface area contributed by atoms with Crippen molar-refractivity contribution in [1.29, 1.82) is 0 Å². The van der Waals surface area contributed by atoms with E-state index in [0.29, 0.717) is 23.7 Å². The Balaban J connectivity index is 2.13. The highest BCUT2D eigenvalue weighted by molar-refractivity contribution is 5.79. The average molecular weight is 325 g/mol. The van der Waals surface area contributed by atoms with E-state index >= 15 is 0 Å². The van der Waals surface area contributed by atoms with Gasteiger partial charge in [0.25, 0.3) is 5.56 Å². The van der Waals surface area contributed by atoms with Crippen LogP contribution in [0.2, 0.25) is 0 Å². The molecule has 1 aromatic carbocycles. The first kappa shape index (κ1) is 15.5. The summed E-state index contributed by atoms with van der Waals surface area (Å²) in [5.41, 5.74) is -0.533. The van der Waals surface area contributed by atoms with Crippen LogP contribution in [0.3, 0.4) is 0 Å². The van der Waals surface area contributed by atoms with Gasteiger partial charge in [0, 0.05) is 6.21 Å². The van der Waals surface area contributed by atoms with Crippen molar-refractivity contribution < 1.29 is 9.84 Å². The number of hydrogen-bond donors (Lipinski definition) is 2.